The second-order valence-electron chi connectivity index (χ2n) is 7.20. The summed E-state index contributed by atoms with van der Waals surface area (Å²) in [6.45, 7) is 2.06. The van der Waals surface area contributed by atoms with Crippen molar-refractivity contribution in [1.82, 2.24) is 0 Å². The SMILES string of the molecule is CCCCC(=O)Nc1ccc(SC(C(=O)Nc2ccc(Cl)c(Cl)c2)c2ccccc2)cc1. The monoisotopic (exact) mass is 486 g/mol. The fraction of sp³-hybridized carbons (Fsp3) is 0.200. The highest BCUT2D eigenvalue weighted by atomic mass is 35.5. The second kappa shape index (κ2) is 12.0. The Bertz CT molecular complexity index is 1060. The number of hydrogen-bond acceptors (Lipinski definition) is 3. The molecule has 166 valence electrons. The molecule has 0 heterocycles. The van der Waals surface area contributed by atoms with Crippen LogP contribution in [0.15, 0.2) is 77.7 Å². The van der Waals surface area contributed by atoms with Crippen molar-refractivity contribution in [3.05, 3.63) is 88.4 Å². The fourth-order valence-corrected chi connectivity index (χ4v) is 4.32. The predicted octanol–water partition coefficient (Wildman–Crippen LogP) is 7.59. The third-order valence-electron chi connectivity index (χ3n) is 4.68. The van der Waals surface area contributed by atoms with Crippen LogP contribution in [0, 0.1) is 0 Å². The molecule has 0 spiro atoms. The van der Waals surface area contributed by atoms with Crippen molar-refractivity contribution >= 4 is 58.2 Å². The molecule has 2 N–H and O–H groups in total. The van der Waals surface area contributed by atoms with Crippen molar-refractivity contribution in [2.75, 3.05) is 10.6 Å². The van der Waals surface area contributed by atoms with Gasteiger partial charge in [-0.05, 0) is 54.4 Å². The number of rotatable bonds is 9. The van der Waals surface area contributed by atoms with E-state index >= 15 is 0 Å². The minimum atomic E-state index is -0.476. The van der Waals surface area contributed by atoms with Gasteiger partial charge in [0.05, 0.1) is 10.0 Å². The van der Waals surface area contributed by atoms with Crippen molar-refractivity contribution in [2.45, 2.75) is 36.3 Å². The second-order valence-corrected chi connectivity index (χ2v) is 9.20. The number of anilines is 2. The Labute approximate surface area is 202 Å². The van der Waals surface area contributed by atoms with Crippen LogP contribution >= 0.6 is 35.0 Å². The van der Waals surface area contributed by atoms with Gasteiger partial charge >= 0.3 is 0 Å². The summed E-state index contributed by atoms with van der Waals surface area (Å²) in [6, 6.07) is 22.1. The maximum absolute atomic E-state index is 13.2. The van der Waals surface area contributed by atoms with Gasteiger partial charge in [-0.25, -0.2) is 0 Å². The molecular weight excluding hydrogens is 463 g/mol. The van der Waals surface area contributed by atoms with Gasteiger partial charge in [-0.1, -0.05) is 66.9 Å². The van der Waals surface area contributed by atoms with Crippen LogP contribution in [0.1, 0.15) is 37.0 Å². The Balaban J connectivity index is 1.74. The molecule has 0 saturated carbocycles. The topological polar surface area (TPSA) is 58.2 Å². The number of benzene rings is 3. The van der Waals surface area contributed by atoms with Crippen LogP contribution in [0.3, 0.4) is 0 Å². The van der Waals surface area contributed by atoms with Crippen LogP contribution in [-0.2, 0) is 9.59 Å². The molecule has 3 rings (SSSR count). The quantitative estimate of drug-likeness (QED) is 0.306. The number of hydrogen-bond donors (Lipinski definition) is 2. The molecule has 0 aliphatic carbocycles. The first-order valence-electron chi connectivity index (χ1n) is 10.3. The Morgan fingerprint density at radius 3 is 2.22 bits per heavy atom. The average molecular weight is 487 g/mol. The van der Waals surface area contributed by atoms with Crippen LogP contribution < -0.4 is 10.6 Å². The summed E-state index contributed by atoms with van der Waals surface area (Å²) in [5.41, 5.74) is 2.20. The lowest BCUT2D eigenvalue weighted by Crippen LogP contribution is -2.19. The van der Waals surface area contributed by atoms with Crippen LogP contribution in [0.2, 0.25) is 10.0 Å². The van der Waals surface area contributed by atoms with Gasteiger partial charge in [-0.2, -0.15) is 0 Å². The summed E-state index contributed by atoms with van der Waals surface area (Å²) in [7, 11) is 0. The third-order valence-corrected chi connectivity index (χ3v) is 6.68. The highest BCUT2D eigenvalue weighted by molar-refractivity contribution is 8.00. The van der Waals surface area contributed by atoms with E-state index in [0.717, 1.165) is 29.0 Å². The predicted molar refractivity (Wildman–Crippen MR) is 135 cm³/mol. The Morgan fingerprint density at radius 2 is 1.56 bits per heavy atom. The zero-order chi connectivity index (χ0) is 22.9. The van der Waals surface area contributed by atoms with Crippen molar-refractivity contribution in [3.63, 3.8) is 0 Å². The molecule has 0 saturated heterocycles. The van der Waals surface area contributed by atoms with E-state index in [1.165, 1.54) is 11.8 Å². The molecule has 0 aliphatic heterocycles. The number of nitrogens with one attached hydrogen (secondary N) is 2. The first-order valence-corrected chi connectivity index (χ1v) is 12.0. The van der Waals surface area contributed by atoms with Gasteiger partial charge < -0.3 is 10.6 Å². The lowest BCUT2D eigenvalue weighted by Gasteiger charge is -2.17. The largest absolute Gasteiger partial charge is 0.326 e. The van der Waals surface area contributed by atoms with Crippen LogP contribution in [0.25, 0.3) is 0 Å². The molecule has 1 unspecified atom stereocenters. The van der Waals surface area contributed by atoms with E-state index in [1.807, 2.05) is 54.6 Å². The van der Waals surface area contributed by atoms with Gasteiger partial charge in [0.1, 0.15) is 5.25 Å². The zero-order valence-electron chi connectivity index (χ0n) is 17.6. The number of halogens is 2. The molecular formula is C25H24Cl2N2O2S. The molecule has 0 bridgehead atoms. The maximum Gasteiger partial charge on any atom is 0.242 e. The van der Waals surface area contributed by atoms with E-state index in [1.54, 1.807) is 18.2 Å². The standard InChI is InChI=1S/C25H24Cl2N2O2S/c1-2-3-9-23(30)28-18-10-13-20(14-11-18)32-24(17-7-5-4-6-8-17)25(31)29-19-12-15-21(26)22(27)16-19/h4-8,10-16,24H,2-3,9H2,1H3,(H,28,30)(H,29,31). The van der Waals surface area contributed by atoms with Crippen molar-refractivity contribution in [1.29, 1.82) is 0 Å². The number of carbonyl (C=O) groups excluding carboxylic acids is 2. The smallest absolute Gasteiger partial charge is 0.242 e. The number of amides is 2. The molecule has 0 fully saturated rings. The maximum atomic E-state index is 13.2. The van der Waals surface area contributed by atoms with E-state index in [-0.39, 0.29) is 11.8 Å². The minimum Gasteiger partial charge on any atom is -0.326 e. The molecule has 0 radical (unpaired) electrons. The highest BCUT2D eigenvalue weighted by Gasteiger charge is 2.22. The molecule has 3 aromatic carbocycles. The molecule has 0 aromatic heterocycles. The van der Waals surface area contributed by atoms with Gasteiger partial charge in [0, 0.05) is 22.7 Å². The van der Waals surface area contributed by atoms with Gasteiger partial charge in [0.25, 0.3) is 0 Å². The van der Waals surface area contributed by atoms with E-state index < -0.39 is 5.25 Å². The van der Waals surface area contributed by atoms with Crippen molar-refractivity contribution in [2.24, 2.45) is 0 Å². The highest BCUT2D eigenvalue weighted by Crippen LogP contribution is 2.37. The number of carbonyl (C=O) groups is 2. The normalized spacial score (nSPS) is 11.6. The first-order chi connectivity index (χ1) is 15.5. The van der Waals surface area contributed by atoms with Gasteiger partial charge in [0.2, 0.25) is 11.8 Å². The van der Waals surface area contributed by atoms with Gasteiger partial charge in [-0.3, -0.25) is 9.59 Å². The minimum absolute atomic E-state index is 0.00965. The summed E-state index contributed by atoms with van der Waals surface area (Å²) < 4.78 is 0. The van der Waals surface area contributed by atoms with Gasteiger partial charge in [0.15, 0.2) is 0 Å². The van der Waals surface area contributed by atoms with Crippen LogP contribution in [0.4, 0.5) is 11.4 Å². The van der Waals surface area contributed by atoms with Crippen molar-refractivity contribution in [3.8, 4) is 0 Å². The first kappa shape index (κ1) is 24.2. The fourth-order valence-electron chi connectivity index (χ4n) is 3.00. The lowest BCUT2D eigenvalue weighted by atomic mass is 10.1. The number of thioether (sulfide) groups is 1. The molecule has 32 heavy (non-hydrogen) atoms. The Kier molecular flexibility index (Phi) is 9.03. The lowest BCUT2D eigenvalue weighted by molar-refractivity contribution is -0.116. The summed E-state index contributed by atoms with van der Waals surface area (Å²) in [5, 5.41) is 6.16. The summed E-state index contributed by atoms with van der Waals surface area (Å²) in [6.07, 6.45) is 2.36. The molecule has 4 nitrogen and oxygen atoms in total. The number of unbranched alkanes of at least 4 members (excludes halogenated alkanes) is 1. The van der Waals surface area contributed by atoms with Gasteiger partial charge in [-0.15, -0.1) is 11.8 Å². The van der Waals surface area contributed by atoms with E-state index in [9.17, 15) is 9.59 Å². The summed E-state index contributed by atoms with van der Waals surface area (Å²) in [5.74, 6) is -0.160. The third kappa shape index (κ3) is 7.02. The molecule has 3 aromatic rings. The molecule has 2 amide bonds. The van der Waals surface area contributed by atoms with Crippen LogP contribution in [0.5, 0.6) is 0 Å². The van der Waals surface area contributed by atoms with Crippen LogP contribution in [-0.4, -0.2) is 11.8 Å². The zero-order valence-corrected chi connectivity index (χ0v) is 19.9. The molecule has 0 aliphatic rings. The van der Waals surface area contributed by atoms with E-state index in [4.69, 9.17) is 23.2 Å². The molecule has 1 atom stereocenters. The Hall–Kier alpha value is -2.47. The molecule has 7 heteroatoms. The summed E-state index contributed by atoms with van der Waals surface area (Å²) in [4.78, 5) is 26.0. The Morgan fingerprint density at radius 1 is 0.875 bits per heavy atom. The average Bonchev–Trinajstić information content (AvgIpc) is 2.80. The van der Waals surface area contributed by atoms with E-state index in [0.29, 0.717) is 22.2 Å². The van der Waals surface area contributed by atoms with Crippen molar-refractivity contribution < 1.29 is 9.59 Å². The van der Waals surface area contributed by atoms with E-state index in [2.05, 4.69) is 17.6 Å². The summed E-state index contributed by atoms with van der Waals surface area (Å²) >= 11 is 13.5.